The van der Waals surface area contributed by atoms with Crippen molar-refractivity contribution in [1.82, 2.24) is 9.97 Å². The van der Waals surface area contributed by atoms with Crippen LogP contribution in [0, 0.1) is 5.82 Å². The van der Waals surface area contributed by atoms with Crippen molar-refractivity contribution in [2.75, 3.05) is 11.9 Å². The van der Waals surface area contributed by atoms with Gasteiger partial charge < -0.3 is 10.6 Å². The van der Waals surface area contributed by atoms with Crippen molar-refractivity contribution in [2.45, 2.75) is 25.8 Å². The third-order valence-electron chi connectivity index (χ3n) is 3.21. The van der Waals surface area contributed by atoms with Crippen LogP contribution in [-0.2, 0) is 6.42 Å². The number of hydrogen-bond donors (Lipinski definition) is 1. The number of benzene rings is 1. The minimum Gasteiger partial charge on any atom is -0.327 e. The lowest BCUT2D eigenvalue weighted by Gasteiger charge is -2.17. The summed E-state index contributed by atoms with van der Waals surface area (Å²) in [7, 11) is 1.81. The lowest BCUT2D eigenvalue weighted by Crippen LogP contribution is -2.21. The number of hydrogen-bond acceptors (Lipinski definition) is 4. The molecule has 0 amide bonds. The second kappa shape index (κ2) is 6.43. The first-order valence-electron chi connectivity index (χ1n) is 6.66. The Kier molecular flexibility index (Phi) is 4.63. The summed E-state index contributed by atoms with van der Waals surface area (Å²) in [5, 5.41) is 0. The lowest BCUT2D eigenvalue weighted by molar-refractivity contribution is 0.627. The van der Waals surface area contributed by atoms with Crippen LogP contribution in [0.3, 0.4) is 0 Å². The van der Waals surface area contributed by atoms with Gasteiger partial charge in [-0.3, -0.25) is 0 Å². The molecule has 0 aliphatic heterocycles. The van der Waals surface area contributed by atoms with Crippen LogP contribution in [0.4, 0.5) is 16.0 Å². The van der Waals surface area contributed by atoms with Gasteiger partial charge in [-0.25, -0.2) is 14.4 Å². The molecule has 2 aromatic rings. The number of halogens is 1. The molecule has 5 heteroatoms. The highest BCUT2D eigenvalue weighted by molar-refractivity contribution is 5.55. The van der Waals surface area contributed by atoms with E-state index in [2.05, 4.69) is 16.9 Å². The molecule has 0 spiro atoms. The fourth-order valence-electron chi connectivity index (χ4n) is 1.87. The van der Waals surface area contributed by atoms with E-state index < -0.39 is 0 Å². The van der Waals surface area contributed by atoms with Crippen LogP contribution in [0.25, 0.3) is 0 Å². The number of rotatable bonds is 5. The van der Waals surface area contributed by atoms with Gasteiger partial charge in [-0.05, 0) is 36.6 Å². The average Bonchev–Trinajstić information content (AvgIpc) is 2.47. The number of anilines is 2. The maximum Gasteiger partial charge on any atom is 0.229 e. The standard InChI is InChI=1S/C15H19FN4/c1-3-13(17)7-11-9-18-15(19-10-11)20(2)14-6-4-5-12(16)8-14/h4-6,8-10,13H,3,7,17H2,1-2H3. The van der Waals surface area contributed by atoms with Gasteiger partial charge in [-0.2, -0.15) is 0 Å². The third-order valence-corrected chi connectivity index (χ3v) is 3.21. The maximum absolute atomic E-state index is 13.2. The van der Waals surface area contributed by atoms with E-state index in [-0.39, 0.29) is 11.9 Å². The van der Waals surface area contributed by atoms with Crippen molar-refractivity contribution in [1.29, 1.82) is 0 Å². The highest BCUT2D eigenvalue weighted by atomic mass is 19.1. The molecule has 0 radical (unpaired) electrons. The van der Waals surface area contributed by atoms with Crippen LogP contribution in [0.15, 0.2) is 36.7 Å². The first-order valence-corrected chi connectivity index (χ1v) is 6.66. The van der Waals surface area contributed by atoms with Crippen LogP contribution >= 0.6 is 0 Å². The van der Waals surface area contributed by atoms with Crippen molar-refractivity contribution in [3.63, 3.8) is 0 Å². The summed E-state index contributed by atoms with van der Waals surface area (Å²) >= 11 is 0. The van der Waals surface area contributed by atoms with E-state index in [1.807, 2.05) is 13.1 Å². The van der Waals surface area contributed by atoms with E-state index in [9.17, 15) is 4.39 Å². The van der Waals surface area contributed by atoms with E-state index in [0.717, 1.165) is 18.4 Å². The van der Waals surface area contributed by atoms with Gasteiger partial charge in [0.1, 0.15) is 5.82 Å². The predicted molar refractivity (Wildman–Crippen MR) is 78.5 cm³/mol. The second-order valence-electron chi connectivity index (χ2n) is 4.80. The van der Waals surface area contributed by atoms with Gasteiger partial charge in [0, 0.05) is 31.2 Å². The minimum atomic E-state index is -0.278. The molecular formula is C15H19FN4. The minimum absolute atomic E-state index is 0.130. The van der Waals surface area contributed by atoms with Crippen LogP contribution in [0.2, 0.25) is 0 Å². The van der Waals surface area contributed by atoms with Crippen LogP contribution in [0.5, 0.6) is 0 Å². The van der Waals surface area contributed by atoms with E-state index in [4.69, 9.17) is 5.73 Å². The van der Waals surface area contributed by atoms with Gasteiger partial charge in [0.05, 0.1) is 0 Å². The Balaban J connectivity index is 2.13. The molecule has 0 saturated carbocycles. The number of aromatic nitrogens is 2. The molecular weight excluding hydrogens is 255 g/mol. The van der Waals surface area contributed by atoms with Gasteiger partial charge in [0.15, 0.2) is 0 Å². The van der Waals surface area contributed by atoms with Crippen molar-refractivity contribution in [3.8, 4) is 0 Å². The van der Waals surface area contributed by atoms with Gasteiger partial charge in [0.2, 0.25) is 5.95 Å². The average molecular weight is 274 g/mol. The molecule has 1 heterocycles. The molecule has 1 aromatic heterocycles. The van der Waals surface area contributed by atoms with Crippen molar-refractivity contribution < 1.29 is 4.39 Å². The Morgan fingerprint density at radius 1 is 1.30 bits per heavy atom. The van der Waals surface area contributed by atoms with Crippen molar-refractivity contribution in [2.24, 2.45) is 5.73 Å². The molecule has 20 heavy (non-hydrogen) atoms. The fourth-order valence-corrected chi connectivity index (χ4v) is 1.87. The van der Waals surface area contributed by atoms with E-state index in [1.54, 1.807) is 23.4 Å². The Bertz CT molecular complexity index is 556. The molecule has 106 valence electrons. The zero-order chi connectivity index (χ0) is 14.5. The second-order valence-corrected chi connectivity index (χ2v) is 4.80. The zero-order valence-corrected chi connectivity index (χ0v) is 11.8. The van der Waals surface area contributed by atoms with Crippen molar-refractivity contribution >= 4 is 11.6 Å². The quantitative estimate of drug-likeness (QED) is 0.910. The molecule has 0 aliphatic carbocycles. The summed E-state index contributed by atoms with van der Waals surface area (Å²) < 4.78 is 13.2. The first-order chi connectivity index (χ1) is 9.60. The third kappa shape index (κ3) is 3.51. The largest absolute Gasteiger partial charge is 0.327 e. The lowest BCUT2D eigenvalue weighted by atomic mass is 10.1. The predicted octanol–water partition coefficient (Wildman–Crippen LogP) is 2.66. The van der Waals surface area contributed by atoms with Crippen molar-refractivity contribution in [3.05, 3.63) is 48.0 Å². The molecule has 1 unspecified atom stereocenters. The smallest absolute Gasteiger partial charge is 0.229 e. The monoisotopic (exact) mass is 274 g/mol. The van der Waals surface area contributed by atoms with Gasteiger partial charge >= 0.3 is 0 Å². The van der Waals surface area contributed by atoms with E-state index in [0.29, 0.717) is 11.6 Å². The van der Waals surface area contributed by atoms with E-state index in [1.165, 1.54) is 12.1 Å². The summed E-state index contributed by atoms with van der Waals surface area (Å²) in [6.45, 7) is 2.05. The zero-order valence-electron chi connectivity index (χ0n) is 11.8. The topological polar surface area (TPSA) is 55.0 Å². The van der Waals surface area contributed by atoms with Gasteiger partial charge in [0.25, 0.3) is 0 Å². The molecule has 0 bridgehead atoms. The van der Waals surface area contributed by atoms with Crippen LogP contribution in [0.1, 0.15) is 18.9 Å². The Morgan fingerprint density at radius 3 is 2.60 bits per heavy atom. The molecule has 0 fully saturated rings. The number of nitrogens with two attached hydrogens (primary N) is 1. The summed E-state index contributed by atoms with van der Waals surface area (Å²) in [5.41, 5.74) is 7.62. The Labute approximate surface area is 118 Å². The van der Waals surface area contributed by atoms with Crippen LogP contribution in [-0.4, -0.2) is 23.1 Å². The molecule has 2 N–H and O–H groups in total. The summed E-state index contributed by atoms with van der Waals surface area (Å²) in [6, 6.07) is 6.46. The van der Waals surface area contributed by atoms with Gasteiger partial charge in [-0.1, -0.05) is 13.0 Å². The van der Waals surface area contributed by atoms with E-state index >= 15 is 0 Å². The summed E-state index contributed by atoms with van der Waals surface area (Å²) in [4.78, 5) is 10.4. The summed E-state index contributed by atoms with van der Waals surface area (Å²) in [5.74, 6) is 0.254. The maximum atomic E-state index is 13.2. The SMILES string of the molecule is CCC(N)Cc1cnc(N(C)c2cccc(F)c2)nc1. The Hall–Kier alpha value is -2.01. The first kappa shape index (κ1) is 14.4. The molecule has 0 saturated heterocycles. The summed E-state index contributed by atoms with van der Waals surface area (Å²) in [6.07, 6.45) is 5.23. The molecule has 4 nitrogen and oxygen atoms in total. The highest BCUT2D eigenvalue weighted by Crippen LogP contribution is 2.20. The highest BCUT2D eigenvalue weighted by Gasteiger charge is 2.08. The van der Waals surface area contributed by atoms with Crippen LogP contribution < -0.4 is 10.6 Å². The normalized spacial score (nSPS) is 12.2. The molecule has 1 atom stereocenters. The van der Waals surface area contributed by atoms with Gasteiger partial charge in [-0.15, -0.1) is 0 Å². The number of nitrogens with zero attached hydrogens (tertiary/aromatic N) is 3. The fraction of sp³-hybridized carbons (Fsp3) is 0.333. The Morgan fingerprint density at radius 2 is 2.00 bits per heavy atom. The molecule has 2 rings (SSSR count). The molecule has 1 aromatic carbocycles. The molecule has 0 aliphatic rings.